The van der Waals surface area contributed by atoms with Crippen molar-refractivity contribution in [1.82, 2.24) is 9.97 Å². The van der Waals surface area contributed by atoms with Crippen molar-refractivity contribution < 1.29 is 4.74 Å². The minimum absolute atomic E-state index is 0.652. The lowest BCUT2D eigenvalue weighted by Crippen LogP contribution is -2.04. The smallest absolute Gasteiger partial charge is 0.125 e. The molecule has 0 N–H and O–H groups in total. The van der Waals surface area contributed by atoms with Gasteiger partial charge in [-0.3, -0.25) is 0 Å². The lowest BCUT2D eigenvalue weighted by atomic mass is 10.1. The van der Waals surface area contributed by atoms with E-state index in [0.29, 0.717) is 6.61 Å². The van der Waals surface area contributed by atoms with Crippen LogP contribution in [-0.4, -0.2) is 16.6 Å². The Labute approximate surface area is 78.2 Å². The molecule has 3 nitrogen and oxygen atoms in total. The van der Waals surface area contributed by atoms with E-state index in [1.54, 1.807) is 0 Å². The van der Waals surface area contributed by atoms with E-state index in [0.717, 1.165) is 36.7 Å². The average Bonchev–Trinajstić information content (AvgIpc) is 2.28. The van der Waals surface area contributed by atoms with Gasteiger partial charge in [0, 0.05) is 12.3 Å². The molecule has 1 aliphatic heterocycles. The maximum absolute atomic E-state index is 5.44. The molecule has 0 aliphatic carbocycles. The van der Waals surface area contributed by atoms with Gasteiger partial charge in [-0.25, -0.2) is 9.97 Å². The zero-order valence-electron chi connectivity index (χ0n) is 8.13. The maximum atomic E-state index is 5.44. The van der Waals surface area contributed by atoms with Crippen LogP contribution in [0.15, 0.2) is 0 Å². The molecule has 0 radical (unpaired) electrons. The molecule has 13 heavy (non-hydrogen) atoms. The van der Waals surface area contributed by atoms with Crippen molar-refractivity contribution in [2.45, 2.75) is 33.3 Å². The summed E-state index contributed by atoms with van der Waals surface area (Å²) in [4.78, 5) is 8.76. The molecule has 1 aromatic heterocycles. The van der Waals surface area contributed by atoms with E-state index in [4.69, 9.17) is 4.74 Å². The fourth-order valence-corrected chi connectivity index (χ4v) is 1.77. The Kier molecular flexibility index (Phi) is 2.27. The number of nitrogens with zero attached hydrogens (tertiary/aromatic N) is 2. The third-order valence-corrected chi connectivity index (χ3v) is 2.37. The second kappa shape index (κ2) is 3.42. The van der Waals surface area contributed by atoms with Gasteiger partial charge in [0.05, 0.1) is 12.3 Å². The van der Waals surface area contributed by atoms with E-state index in [9.17, 15) is 0 Å². The van der Waals surface area contributed by atoms with Crippen LogP contribution in [-0.2, 0) is 17.8 Å². The lowest BCUT2D eigenvalue weighted by Gasteiger charge is -2.07. The first-order chi connectivity index (χ1) is 6.27. The topological polar surface area (TPSA) is 35.0 Å². The van der Waals surface area contributed by atoms with Crippen LogP contribution in [0.1, 0.15) is 29.2 Å². The number of hydrogen-bond donors (Lipinski definition) is 0. The third kappa shape index (κ3) is 1.70. The third-order valence-electron chi connectivity index (χ3n) is 2.37. The molecule has 0 amide bonds. The fourth-order valence-electron chi connectivity index (χ4n) is 1.77. The summed E-state index contributed by atoms with van der Waals surface area (Å²) in [6, 6.07) is 0. The molecule has 0 bridgehead atoms. The van der Waals surface area contributed by atoms with Crippen molar-refractivity contribution in [3.05, 3.63) is 22.8 Å². The van der Waals surface area contributed by atoms with Crippen LogP contribution in [0.3, 0.4) is 0 Å². The molecule has 70 valence electrons. The van der Waals surface area contributed by atoms with E-state index in [1.165, 1.54) is 5.56 Å². The molecule has 1 aliphatic rings. The average molecular weight is 178 g/mol. The second-order valence-electron chi connectivity index (χ2n) is 3.44. The standard InChI is InChI=1S/C10H14N2O/c1-7-9-4-3-5-13-6-10(9)12-8(2)11-7/h3-6H2,1-2H3. The molecule has 3 heteroatoms. The highest BCUT2D eigenvalue weighted by atomic mass is 16.5. The van der Waals surface area contributed by atoms with Crippen molar-refractivity contribution in [3.8, 4) is 0 Å². The van der Waals surface area contributed by atoms with Crippen molar-refractivity contribution in [1.29, 1.82) is 0 Å². The summed E-state index contributed by atoms with van der Waals surface area (Å²) in [5.74, 6) is 0.849. The van der Waals surface area contributed by atoms with E-state index in [-0.39, 0.29) is 0 Å². The molecule has 0 saturated carbocycles. The Morgan fingerprint density at radius 2 is 2.08 bits per heavy atom. The Morgan fingerprint density at radius 3 is 2.92 bits per heavy atom. The quantitative estimate of drug-likeness (QED) is 0.604. The molecule has 0 atom stereocenters. The first-order valence-electron chi connectivity index (χ1n) is 4.68. The summed E-state index contributed by atoms with van der Waals surface area (Å²) >= 11 is 0. The summed E-state index contributed by atoms with van der Waals surface area (Å²) in [6.45, 7) is 5.48. The molecule has 1 aromatic rings. The van der Waals surface area contributed by atoms with E-state index >= 15 is 0 Å². The second-order valence-corrected chi connectivity index (χ2v) is 3.44. The van der Waals surface area contributed by atoms with E-state index < -0.39 is 0 Å². The van der Waals surface area contributed by atoms with Gasteiger partial charge in [-0.05, 0) is 32.3 Å². The van der Waals surface area contributed by atoms with Gasteiger partial charge in [0.15, 0.2) is 0 Å². The number of hydrogen-bond acceptors (Lipinski definition) is 3. The van der Waals surface area contributed by atoms with Gasteiger partial charge in [-0.1, -0.05) is 0 Å². The number of rotatable bonds is 0. The maximum Gasteiger partial charge on any atom is 0.125 e. The molecule has 2 rings (SSSR count). The van der Waals surface area contributed by atoms with Crippen LogP contribution in [0.5, 0.6) is 0 Å². The van der Waals surface area contributed by atoms with Crippen molar-refractivity contribution in [2.24, 2.45) is 0 Å². The van der Waals surface area contributed by atoms with Gasteiger partial charge in [0.1, 0.15) is 5.82 Å². The highest BCUT2D eigenvalue weighted by Gasteiger charge is 2.12. The fraction of sp³-hybridized carbons (Fsp3) is 0.600. The summed E-state index contributed by atoms with van der Waals surface area (Å²) in [6.07, 6.45) is 2.14. The summed E-state index contributed by atoms with van der Waals surface area (Å²) in [5.41, 5.74) is 3.50. The summed E-state index contributed by atoms with van der Waals surface area (Å²) in [7, 11) is 0. The number of fused-ring (bicyclic) bond motifs is 1. The van der Waals surface area contributed by atoms with Gasteiger partial charge in [-0.2, -0.15) is 0 Å². The molecule has 2 heterocycles. The minimum Gasteiger partial charge on any atom is -0.375 e. The number of ether oxygens (including phenoxy) is 1. The van der Waals surface area contributed by atoms with Crippen molar-refractivity contribution >= 4 is 0 Å². The van der Waals surface area contributed by atoms with Gasteiger partial charge < -0.3 is 4.74 Å². The van der Waals surface area contributed by atoms with E-state index in [1.807, 2.05) is 6.92 Å². The summed E-state index contributed by atoms with van der Waals surface area (Å²) in [5, 5.41) is 0. The van der Waals surface area contributed by atoms with E-state index in [2.05, 4.69) is 16.9 Å². The van der Waals surface area contributed by atoms with Crippen LogP contribution < -0.4 is 0 Å². The van der Waals surface area contributed by atoms with Crippen LogP contribution in [0.25, 0.3) is 0 Å². The zero-order valence-corrected chi connectivity index (χ0v) is 8.13. The normalized spacial score (nSPS) is 16.5. The molecular weight excluding hydrogens is 164 g/mol. The first kappa shape index (κ1) is 8.63. The van der Waals surface area contributed by atoms with Gasteiger partial charge >= 0.3 is 0 Å². The predicted octanol–water partition coefficient (Wildman–Crippen LogP) is 1.56. The summed E-state index contributed by atoms with van der Waals surface area (Å²) < 4.78 is 5.44. The Hall–Kier alpha value is -0.960. The predicted molar refractivity (Wildman–Crippen MR) is 49.5 cm³/mol. The zero-order chi connectivity index (χ0) is 9.26. The Morgan fingerprint density at radius 1 is 1.23 bits per heavy atom. The minimum atomic E-state index is 0.652. The van der Waals surface area contributed by atoms with Crippen LogP contribution in [0.2, 0.25) is 0 Å². The molecule has 0 aromatic carbocycles. The number of aromatic nitrogens is 2. The van der Waals surface area contributed by atoms with Crippen molar-refractivity contribution in [2.75, 3.05) is 6.61 Å². The van der Waals surface area contributed by atoms with Gasteiger partial charge in [-0.15, -0.1) is 0 Å². The largest absolute Gasteiger partial charge is 0.375 e. The van der Waals surface area contributed by atoms with Crippen LogP contribution in [0.4, 0.5) is 0 Å². The SMILES string of the molecule is Cc1nc(C)c2c(n1)COCCC2. The highest BCUT2D eigenvalue weighted by molar-refractivity contribution is 5.25. The molecule has 0 unspecified atom stereocenters. The lowest BCUT2D eigenvalue weighted by molar-refractivity contribution is 0.122. The first-order valence-corrected chi connectivity index (χ1v) is 4.68. The molecule has 0 fully saturated rings. The van der Waals surface area contributed by atoms with Gasteiger partial charge in [0.2, 0.25) is 0 Å². The Bertz CT molecular complexity index is 323. The van der Waals surface area contributed by atoms with Crippen LogP contribution in [0, 0.1) is 13.8 Å². The molecule has 0 saturated heterocycles. The van der Waals surface area contributed by atoms with Crippen molar-refractivity contribution in [3.63, 3.8) is 0 Å². The molecule has 0 spiro atoms. The van der Waals surface area contributed by atoms with Gasteiger partial charge in [0.25, 0.3) is 0 Å². The highest BCUT2D eigenvalue weighted by Crippen LogP contribution is 2.17. The van der Waals surface area contributed by atoms with Crippen LogP contribution >= 0.6 is 0 Å². The Balaban J connectivity index is 2.47. The molecular formula is C10H14N2O. The monoisotopic (exact) mass is 178 g/mol. The number of aryl methyl sites for hydroxylation is 2.